The van der Waals surface area contributed by atoms with E-state index in [1.807, 2.05) is 23.1 Å². The van der Waals surface area contributed by atoms with Crippen LogP contribution in [-0.4, -0.2) is 38.9 Å². The van der Waals surface area contributed by atoms with Gasteiger partial charge in [-0.05, 0) is 49.6 Å². The zero-order valence-electron chi connectivity index (χ0n) is 15.6. The highest BCUT2D eigenvalue weighted by Gasteiger charge is 2.21. The molecule has 0 radical (unpaired) electrons. The number of halogens is 3. The van der Waals surface area contributed by atoms with Crippen LogP contribution in [0, 0.1) is 0 Å². The van der Waals surface area contributed by atoms with E-state index in [1.54, 1.807) is 24.3 Å². The van der Waals surface area contributed by atoms with Crippen molar-refractivity contribution in [3.8, 4) is 22.5 Å². The molecule has 0 saturated carbocycles. The van der Waals surface area contributed by atoms with E-state index in [1.165, 1.54) is 11.2 Å². The lowest BCUT2D eigenvalue weighted by Gasteiger charge is -2.26. The first kappa shape index (κ1) is 20.2. The number of piperidine rings is 1. The average Bonchev–Trinajstić information content (AvgIpc) is 3.12. The molecule has 1 aromatic heterocycles. The quantitative estimate of drug-likeness (QED) is 0.522. The summed E-state index contributed by atoms with van der Waals surface area (Å²) in [5.41, 5.74) is 2.78. The number of carbonyl (C=O) groups excluding carboxylic acids is 1. The van der Waals surface area contributed by atoms with Gasteiger partial charge in [0.1, 0.15) is 17.9 Å². The van der Waals surface area contributed by atoms with Crippen LogP contribution in [0.1, 0.15) is 19.3 Å². The summed E-state index contributed by atoms with van der Waals surface area (Å²) in [5.74, 6) is 0.0242. The van der Waals surface area contributed by atoms with Crippen molar-refractivity contribution >= 4 is 40.7 Å². The van der Waals surface area contributed by atoms with Crippen LogP contribution in [0.2, 0.25) is 15.1 Å². The maximum atomic E-state index is 12.7. The van der Waals surface area contributed by atoms with Crippen LogP contribution in [0.25, 0.3) is 22.5 Å². The molecule has 1 saturated heterocycles. The van der Waals surface area contributed by atoms with E-state index in [4.69, 9.17) is 34.8 Å². The Labute approximate surface area is 184 Å². The number of hydrogen-bond donors (Lipinski definition) is 0. The molecule has 0 aliphatic carbocycles. The first-order chi connectivity index (χ1) is 14.0. The minimum atomic E-state index is 0.0242. The number of aromatic nitrogens is 3. The Kier molecular flexibility index (Phi) is 6.09. The van der Waals surface area contributed by atoms with Crippen molar-refractivity contribution in [2.45, 2.75) is 25.8 Å². The summed E-state index contributed by atoms with van der Waals surface area (Å²) in [7, 11) is 0. The molecule has 5 nitrogen and oxygen atoms in total. The summed E-state index contributed by atoms with van der Waals surface area (Å²) >= 11 is 18.5. The van der Waals surface area contributed by atoms with Crippen LogP contribution < -0.4 is 0 Å². The SMILES string of the molecule is O=C(Cn1nc(-c2ccc(Cl)cc2)c(-c2ccc(Cl)cc2Cl)n1)N1CCCCC1. The maximum Gasteiger partial charge on any atom is 0.246 e. The lowest BCUT2D eigenvalue weighted by atomic mass is 10.1. The third-order valence-electron chi connectivity index (χ3n) is 4.94. The fourth-order valence-electron chi connectivity index (χ4n) is 3.45. The van der Waals surface area contributed by atoms with Crippen LogP contribution in [0.3, 0.4) is 0 Å². The minimum Gasteiger partial charge on any atom is -0.341 e. The highest BCUT2D eigenvalue weighted by molar-refractivity contribution is 6.36. The van der Waals surface area contributed by atoms with Crippen molar-refractivity contribution in [3.63, 3.8) is 0 Å². The number of nitrogens with zero attached hydrogens (tertiary/aromatic N) is 4. The topological polar surface area (TPSA) is 51.0 Å². The molecule has 0 N–H and O–H groups in total. The van der Waals surface area contributed by atoms with Gasteiger partial charge in [-0.25, -0.2) is 0 Å². The number of rotatable bonds is 4. The third-order valence-corrected chi connectivity index (χ3v) is 5.74. The summed E-state index contributed by atoms with van der Waals surface area (Å²) in [4.78, 5) is 16.0. The van der Waals surface area contributed by atoms with Crippen molar-refractivity contribution in [3.05, 3.63) is 57.5 Å². The second-order valence-electron chi connectivity index (χ2n) is 7.00. The highest BCUT2D eigenvalue weighted by Crippen LogP contribution is 2.35. The molecule has 4 rings (SSSR count). The summed E-state index contributed by atoms with van der Waals surface area (Å²) in [6, 6.07) is 12.6. The van der Waals surface area contributed by atoms with Gasteiger partial charge >= 0.3 is 0 Å². The van der Waals surface area contributed by atoms with Gasteiger partial charge in [-0.15, -0.1) is 0 Å². The van der Waals surface area contributed by atoms with E-state index >= 15 is 0 Å². The lowest BCUT2D eigenvalue weighted by molar-refractivity contribution is -0.133. The van der Waals surface area contributed by atoms with E-state index in [0.29, 0.717) is 32.0 Å². The third kappa shape index (κ3) is 4.58. The van der Waals surface area contributed by atoms with Gasteiger partial charge in [-0.3, -0.25) is 4.79 Å². The van der Waals surface area contributed by atoms with E-state index in [9.17, 15) is 4.79 Å². The molecular formula is C21H19Cl3N4O. The molecule has 0 atom stereocenters. The molecule has 29 heavy (non-hydrogen) atoms. The van der Waals surface area contributed by atoms with Gasteiger partial charge in [0.2, 0.25) is 5.91 Å². The minimum absolute atomic E-state index is 0.0242. The average molecular weight is 450 g/mol. The molecule has 1 amide bonds. The molecule has 1 aliphatic heterocycles. The standard InChI is InChI=1S/C21H19Cl3N4O/c22-15-6-4-14(5-7-15)20-21(17-9-8-16(23)12-18(17)24)26-28(25-20)13-19(29)27-10-2-1-3-11-27/h4-9,12H,1-3,10-11,13H2. The Balaban J connectivity index is 1.72. The zero-order valence-corrected chi connectivity index (χ0v) is 17.9. The number of amides is 1. The van der Waals surface area contributed by atoms with Crippen LogP contribution in [-0.2, 0) is 11.3 Å². The summed E-state index contributed by atoms with van der Waals surface area (Å²) in [5, 5.41) is 10.9. The van der Waals surface area contributed by atoms with Gasteiger partial charge in [-0.2, -0.15) is 15.0 Å². The number of carbonyl (C=O) groups is 1. The van der Waals surface area contributed by atoms with Gasteiger partial charge in [-0.1, -0.05) is 46.9 Å². The molecule has 1 fully saturated rings. The molecule has 3 aromatic rings. The second kappa shape index (κ2) is 8.74. The van der Waals surface area contributed by atoms with Crippen LogP contribution in [0.5, 0.6) is 0 Å². The number of likely N-dealkylation sites (tertiary alicyclic amines) is 1. The molecular weight excluding hydrogens is 431 g/mol. The van der Waals surface area contributed by atoms with Crippen molar-refractivity contribution in [2.75, 3.05) is 13.1 Å². The van der Waals surface area contributed by atoms with Crippen LogP contribution in [0.4, 0.5) is 0 Å². The highest BCUT2D eigenvalue weighted by atomic mass is 35.5. The van der Waals surface area contributed by atoms with Gasteiger partial charge in [0, 0.05) is 34.3 Å². The Morgan fingerprint density at radius 1 is 0.862 bits per heavy atom. The largest absolute Gasteiger partial charge is 0.341 e. The van der Waals surface area contributed by atoms with E-state index in [0.717, 1.165) is 31.5 Å². The normalized spacial score (nSPS) is 14.2. The molecule has 2 heterocycles. The molecule has 8 heteroatoms. The van der Waals surface area contributed by atoms with E-state index in [-0.39, 0.29) is 12.5 Å². The van der Waals surface area contributed by atoms with Crippen molar-refractivity contribution in [2.24, 2.45) is 0 Å². The summed E-state index contributed by atoms with van der Waals surface area (Å²) in [6.07, 6.45) is 3.25. The van der Waals surface area contributed by atoms with Gasteiger partial charge in [0.05, 0.1) is 5.02 Å². The van der Waals surface area contributed by atoms with Crippen LogP contribution in [0.15, 0.2) is 42.5 Å². The molecule has 150 valence electrons. The molecule has 0 bridgehead atoms. The predicted octanol–water partition coefficient (Wildman–Crippen LogP) is 5.58. The lowest BCUT2D eigenvalue weighted by Crippen LogP contribution is -2.38. The van der Waals surface area contributed by atoms with Gasteiger partial charge in [0.15, 0.2) is 0 Å². The van der Waals surface area contributed by atoms with Crippen LogP contribution >= 0.6 is 34.8 Å². The molecule has 2 aromatic carbocycles. The number of benzene rings is 2. The molecule has 0 spiro atoms. The van der Waals surface area contributed by atoms with Crippen molar-refractivity contribution in [1.82, 2.24) is 19.9 Å². The second-order valence-corrected chi connectivity index (χ2v) is 8.28. The first-order valence-electron chi connectivity index (χ1n) is 9.45. The van der Waals surface area contributed by atoms with E-state index < -0.39 is 0 Å². The molecule has 1 aliphatic rings. The summed E-state index contributed by atoms with van der Waals surface area (Å²) < 4.78 is 0. The Hall–Kier alpha value is -2.08. The zero-order chi connectivity index (χ0) is 20.4. The first-order valence-corrected chi connectivity index (χ1v) is 10.6. The Morgan fingerprint density at radius 2 is 1.52 bits per heavy atom. The fraction of sp³-hybridized carbons (Fsp3) is 0.286. The monoisotopic (exact) mass is 448 g/mol. The maximum absolute atomic E-state index is 12.7. The van der Waals surface area contributed by atoms with Gasteiger partial charge < -0.3 is 4.90 Å². The summed E-state index contributed by atoms with van der Waals surface area (Å²) in [6.45, 7) is 1.67. The smallest absolute Gasteiger partial charge is 0.246 e. The Bertz CT molecular complexity index is 1030. The van der Waals surface area contributed by atoms with Crippen molar-refractivity contribution < 1.29 is 4.79 Å². The van der Waals surface area contributed by atoms with Crippen molar-refractivity contribution in [1.29, 1.82) is 0 Å². The predicted molar refractivity (Wildman–Crippen MR) is 116 cm³/mol. The Morgan fingerprint density at radius 3 is 2.21 bits per heavy atom. The van der Waals surface area contributed by atoms with E-state index in [2.05, 4.69) is 10.2 Å². The fourth-order valence-corrected chi connectivity index (χ4v) is 4.07. The number of hydrogen-bond acceptors (Lipinski definition) is 3. The molecule has 0 unspecified atom stereocenters. The van der Waals surface area contributed by atoms with Gasteiger partial charge in [0.25, 0.3) is 0 Å².